The normalized spacial score (nSPS) is 23.1. The van der Waals surface area contributed by atoms with Crippen LogP contribution in [0.4, 0.5) is 0 Å². The summed E-state index contributed by atoms with van der Waals surface area (Å²) in [4.78, 5) is 4.96. The van der Waals surface area contributed by atoms with Crippen molar-refractivity contribution in [2.24, 2.45) is 17.3 Å². The highest BCUT2D eigenvalue weighted by Crippen LogP contribution is 2.49. The van der Waals surface area contributed by atoms with Crippen molar-refractivity contribution in [1.82, 2.24) is 9.80 Å². The van der Waals surface area contributed by atoms with Gasteiger partial charge in [-0.15, -0.1) is 0 Å². The molecule has 21 heavy (non-hydrogen) atoms. The van der Waals surface area contributed by atoms with Gasteiger partial charge in [0.2, 0.25) is 0 Å². The quantitative estimate of drug-likeness (QED) is 0.722. The Labute approximate surface area is 133 Å². The van der Waals surface area contributed by atoms with E-state index >= 15 is 0 Å². The molecule has 124 valence electrons. The molecule has 2 aliphatic carbocycles. The van der Waals surface area contributed by atoms with Crippen molar-refractivity contribution < 1.29 is 0 Å². The molecular weight excluding hydrogens is 256 g/mol. The van der Waals surface area contributed by atoms with Crippen LogP contribution in [-0.2, 0) is 0 Å². The van der Waals surface area contributed by atoms with Gasteiger partial charge in [-0.3, -0.25) is 0 Å². The number of hydrogen-bond acceptors (Lipinski definition) is 2. The second kappa shape index (κ2) is 7.97. The van der Waals surface area contributed by atoms with E-state index in [1.807, 2.05) is 0 Å². The maximum Gasteiger partial charge on any atom is 0.00495 e. The lowest BCUT2D eigenvalue weighted by Crippen LogP contribution is -2.52. The van der Waals surface area contributed by atoms with Crippen LogP contribution < -0.4 is 0 Å². The van der Waals surface area contributed by atoms with Crippen LogP contribution in [0.2, 0.25) is 0 Å². The molecule has 2 rings (SSSR count). The third kappa shape index (κ3) is 4.45. The van der Waals surface area contributed by atoms with Gasteiger partial charge in [0.1, 0.15) is 0 Å². The summed E-state index contributed by atoms with van der Waals surface area (Å²) in [5.74, 6) is 1.92. The Balaban J connectivity index is 2.25. The average molecular weight is 295 g/mol. The van der Waals surface area contributed by atoms with Crippen LogP contribution in [0, 0.1) is 17.3 Å². The van der Waals surface area contributed by atoms with Crippen molar-refractivity contribution in [2.75, 3.05) is 41.3 Å². The molecule has 2 heteroatoms. The number of rotatable bonds is 6. The fourth-order valence-corrected chi connectivity index (χ4v) is 5.43. The Morgan fingerprint density at radius 3 is 1.24 bits per heavy atom. The first kappa shape index (κ1) is 17.3. The van der Waals surface area contributed by atoms with Crippen molar-refractivity contribution in [3.63, 3.8) is 0 Å². The lowest BCUT2D eigenvalue weighted by atomic mass is 9.58. The van der Waals surface area contributed by atoms with Crippen molar-refractivity contribution in [3.8, 4) is 0 Å². The van der Waals surface area contributed by atoms with Crippen LogP contribution in [0.15, 0.2) is 0 Å². The summed E-state index contributed by atoms with van der Waals surface area (Å²) in [6, 6.07) is 0. The van der Waals surface area contributed by atoms with E-state index < -0.39 is 0 Å². The standard InChI is InChI=1S/C19H38N2/c1-20(2)15-19(16-21(3)4,17-11-7-5-8-12-17)18-13-9-6-10-14-18/h17-18H,5-16H2,1-4H3. The first-order valence-corrected chi connectivity index (χ1v) is 9.34. The second-order valence-electron chi connectivity index (χ2n) is 8.38. The molecule has 0 radical (unpaired) electrons. The SMILES string of the molecule is CN(C)CC(CN(C)C)(C1CCCCC1)C1CCCCC1. The third-order valence-electron chi connectivity index (χ3n) is 6.06. The van der Waals surface area contributed by atoms with E-state index in [4.69, 9.17) is 0 Å². The fourth-order valence-electron chi connectivity index (χ4n) is 5.43. The van der Waals surface area contributed by atoms with Gasteiger partial charge in [0.15, 0.2) is 0 Å². The molecule has 0 atom stereocenters. The van der Waals surface area contributed by atoms with Crippen LogP contribution in [0.5, 0.6) is 0 Å². The molecule has 2 saturated carbocycles. The molecule has 0 heterocycles. The molecule has 0 aliphatic heterocycles. The molecule has 2 aliphatic rings. The van der Waals surface area contributed by atoms with Crippen molar-refractivity contribution in [2.45, 2.75) is 64.2 Å². The summed E-state index contributed by atoms with van der Waals surface area (Å²) in [7, 11) is 9.15. The zero-order chi connectivity index (χ0) is 15.3. The highest BCUT2D eigenvalue weighted by atomic mass is 15.1. The molecule has 0 amide bonds. The minimum absolute atomic E-state index is 0.536. The van der Waals surface area contributed by atoms with Gasteiger partial charge in [0.25, 0.3) is 0 Å². The van der Waals surface area contributed by atoms with E-state index in [1.54, 1.807) is 0 Å². The minimum atomic E-state index is 0.536. The summed E-state index contributed by atoms with van der Waals surface area (Å²) >= 11 is 0. The molecule has 0 saturated heterocycles. The lowest BCUT2D eigenvalue weighted by Gasteiger charge is -2.52. The van der Waals surface area contributed by atoms with E-state index in [9.17, 15) is 0 Å². The Morgan fingerprint density at radius 2 is 0.952 bits per heavy atom. The number of nitrogens with zero attached hydrogens (tertiary/aromatic N) is 2. The highest BCUT2D eigenvalue weighted by Gasteiger charge is 2.45. The van der Waals surface area contributed by atoms with Crippen LogP contribution in [-0.4, -0.2) is 51.1 Å². The van der Waals surface area contributed by atoms with Gasteiger partial charge < -0.3 is 9.80 Å². The summed E-state index contributed by atoms with van der Waals surface area (Å²) in [5, 5.41) is 0. The highest BCUT2D eigenvalue weighted by molar-refractivity contribution is 4.97. The largest absolute Gasteiger partial charge is 0.309 e. The topological polar surface area (TPSA) is 6.48 Å². The van der Waals surface area contributed by atoms with E-state index in [-0.39, 0.29) is 0 Å². The predicted molar refractivity (Wildman–Crippen MR) is 92.7 cm³/mol. The number of hydrogen-bond donors (Lipinski definition) is 0. The Hall–Kier alpha value is -0.0800. The molecule has 0 spiro atoms. The van der Waals surface area contributed by atoms with Gasteiger partial charge in [-0.1, -0.05) is 38.5 Å². The average Bonchev–Trinajstić information content (AvgIpc) is 2.47. The summed E-state index contributed by atoms with van der Waals surface area (Å²) in [6.07, 6.45) is 14.8. The van der Waals surface area contributed by atoms with Gasteiger partial charge in [-0.2, -0.15) is 0 Å². The molecule has 0 bridgehead atoms. The second-order valence-corrected chi connectivity index (χ2v) is 8.38. The van der Waals surface area contributed by atoms with E-state index in [1.165, 1.54) is 77.3 Å². The molecule has 0 aromatic heterocycles. The van der Waals surface area contributed by atoms with Crippen molar-refractivity contribution in [1.29, 1.82) is 0 Å². The van der Waals surface area contributed by atoms with E-state index in [0.717, 1.165) is 11.8 Å². The van der Waals surface area contributed by atoms with E-state index in [0.29, 0.717) is 5.41 Å². The third-order valence-corrected chi connectivity index (χ3v) is 6.06. The molecule has 2 nitrogen and oxygen atoms in total. The molecule has 0 aromatic carbocycles. The zero-order valence-electron chi connectivity index (χ0n) is 15.0. The maximum absolute atomic E-state index is 2.48. The van der Waals surface area contributed by atoms with Gasteiger partial charge in [-0.25, -0.2) is 0 Å². The smallest absolute Gasteiger partial charge is 0.00495 e. The maximum atomic E-state index is 2.48. The predicted octanol–water partition coefficient (Wildman–Crippen LogP) is 4.26. The van der Waals surface area contributed by atoms with Gasteiger partial charge >= 0.3 is 0 Å². The molecule has 2 fully saturated rings. The van der Waals surface area contributed by atoms with Gasteiger partial charge in [0.05, 0.1) is 0 Å². The minimum Gasteiger partial charge on any atom is -0.309 e. The molecular formula is C19H38N2. The summed E-state index contributed by atoms with van der Waals surface area (Å²) < 4.78 is 0. The Kier molecular flexibility index (Phi) is 6.55. The summed E-state index contributed by atoms with van der Waals surface area (Å²) in [6.45, 7) is 2.58. The molecule has 0 unspecified atom stereocenters. The van der Waals surface area contributed by atoms with Crippen LogP contribution in [0.3, 0.4) is 0 Å². The van der Waals surface area contributed by atoms with Crippen molar-refractivity contribution in [3.05, 3.63) is 0 Å². The van der Waals surface area contributed by atoms with Gasteiger partial charge in [0, 0.05) is 18.5 Å². The molecule has 0 N–H and O–H groups in total. The summed E-state index contributed by atoms with van der Waals surface area (Å²) in [5.41, 5.74) is 0.536. The Morgan fingerprint density at radius 1 is 0.619 bits per heavy atom. The van der Waals surface area contributed by atoms with Crippen molar-refractivity contribution >= 4 is 0 Å². The lowest BCUT2D eigenvalue weighted by molar-refractivity contribution is -0.0203. The monoisotopic (exact) mass is 294 g/mol. The van der Waals surface area contributed by atoms with Crippen LogP contribution >= 0.6 is 0 Å². The van der Waals surface area contributed by atoms with Crippen LogP contribution in [0.25, 0.3) is 0 Å². The first-order chi connectivity index (χ1) is 10.0. The molecule has 0 aromatic rings. The Bertz CT molecular complexity index is 256. The van der Waals surface area contributed by atoms with Crippen LogP contribution in [0.1, 0.15) is 64.2 Å². The first-order valence-electron chi connectivity index (χ1n) is 9.34. The fraction of sp³-hybridized carbons (Fsp3) is 1.00. The van der Waals surface area contributed by atoms with E-state index in [2.05, 4.69) is 38.0 Å². The zero-order valence-corrected chi connectivity index (χ0v) is 15.0. The van der Waals surface area contributed by atoms with Gasteiger partial charge in [-0.05, 0) is 65.7 Å².